The molecule has 1 nitrogen and oxygen atoms in total. The van der Waals surface area contributed by atoms with Gasteiger partial charge in [-0.3, -0.25) is 0 Å². The highest BCUT2D eigenvalue weighted by atomic mass is 32.2. The van der Waals surface area contributed by atoms with Crippen molar-refractivity contribution in [1.29, 1.82) is 0 Å². The lowest BCUT2D eigenvalue weighted by atomic mass is 10.1. The molecule has 0 saturated heterocycles. The predicted octanol–water partition coefficient (Wildman–Crippen LogP) is 3.47. The smallest absolute Gasteiger partial charge is 0.0317 e. The summed E-state index contributed by atoms with van der Waals surface area (Å²) in [5, 5.41) is 0.605. The van der Waals surface area contributed by atoms with Crippen molar-refractivity contribution in [1.82, 2.24) is 0 Å². The number of hydrogen-bond donors (Lipinski definition) is 1. The summed E-state index contributed by atoms with van der Waals surface area (Å²) >= 11 is 1.98. The standard InChI is InChI=1S/C11H17NS/c1-3-11(13-4-2)9-6-5-7-10(12)8-9/h5-8,11H,3-4,12H2,1-2H3. The molecule has 0 heterocycles. The third-order valence-electron chi connectivity index (χ3n) is 2.02. The zero-order valence-electron chi connectivity index (χ0n) is 8.29. The summed E-state index contributed by atoms with van der Waals surface area (Å²) in [6.45, 7) is 4.41. The maximum absolute atomic E-state index is 5.74. The Morgan fingerprint density at radius 1 is 1.38 bits per heavy atom. The van der Waals surface area contributed by atoms with E-state index in [1.807, 2.05) is 23.9 Å². The molecule has 13 heavy (non-hydrogen) atoms. The van der Waals surface area contributed by atoms with Gasteiger partial charge in [0.05, 0.1) is 0 Å². The first-order valence-electron chi connectivity index (χ1n) is 4.75. The quantitative estimate of drug-likeness (QED) is 0.744. The van der Waals surface area contributed by atoms with Gasteiger partial charge in [0.15, 0.2) is 0 Å². The summed E-state index contributed by atoms with van der Waals surface area (Å²) in [5.74, 6) is 1.16. The largest absolute Gasteiger partial charge is 0.399 e. The van der Waals surface area contributed by atoms with E-state index < -0.39 is 0 Å². The Balaban J connectivity index is 2.78. The molecule has 0 amide bonds. The van der Waals surface area contributed by atoms with Gasteiger partial charge < -0.3 is 5.73 Å². The van der Waals surface area contributed by atoms with Gasteiger partial charge in [0.25, 0.3) is 0 Å². The highest BCUT2D eigenvalue weighted by Crippen LogP contribution is 2.32. The summed E-state index contributed by atoms with van der Waals surface area (Å²) in [4.78, 5) is 0. The van der Waals surface area contributed by atoms with Crippen molar-refractivity contribution in [3.05, 3.63) is 29.8 Å². The Labute approximate surface area is 84.7 Å². The number of anilines is 1. The topological polar surface area (TPSA) is 26.0 Å². The van der Waals surface area contributed by atoms with Crippen LogP contribution >= 0.6 is 11.8 Å². The summed E-state index contributed by atoms with van der Waals surface area (Å²) in [7, 11) is 0. The van der Waals surface area contributed by atoms with E-state index in [9.17, 15) is 0 Å². The number of nitrogen functional groups attached to an aromatic ring is 1. The fraction of sp³-hybridized carbons (Fsp3) is 0.455. The van der Waals surface area contributed by atoms with E-state index >= 15 is 0 Å². The van der Waals surface area contributed by atoms with E-state index in [-0.39, 0.29) is 0 Å². The Hall–Kier alpha value is -0.630. The van der Waals surface area contributed by atoms with Gasteiger partial charge in [-0.05, 0) is 29.9 Å². The van der Waals surface area contributed by atoms with Gasteiger partial charge in [-0.2, -0.15) is 11.8 Å². The van der Waals surface area contributed by atoms with Crippen LogP contribution in [0.3, 0.4) is 0 Å². The third kappa shape index (κ3) is 2.96. The molecule has 2 heteroatoms. The fourth-order valence-corrected chi connectivity index (χ4v) is 2.39. The van der Waals surface area contributed by atoms with Gasteiger partial charge in [-0.25, -0.2) is 0 Å². The molecule has 72 valence electrons. The molecular formula is C11H17NS. The van der Waals surface area contributed by atoms with Crippen LogP contribution in [-0.4, -0.2) is 5.75 Å². The first-order valence-corrected chi connectivity index (χ1v) is 5.79. The van der Waals surface area contributed by atoms with Crippen molar-refractivity contribution in [3.63, 3.8) is 0 Å². The van der Waals surface area contributed by atoms with Crippen LogP contribution in [0.15, 0.2) is 24.3 Å². The van der Waals surface area contributed by atoms with Crippen molar-refractivity contribution in [2.45, 2.75) is 25.5 Å². The zero-order valence-corrected chi connectivity index (χ0v) is 9.10. The molecule has 1 atom stereocenters. The predicted molar refractivity (Wildman–Crippen MR) is 62.0 cm³/mol. The van der Waals surface area contributed by atoms with Crippen molar-refractivity contribution in [3.8, 4) is 0 Å². The van der Waals surface area contributed by atoms with Crippen LogP contribution in [0, 0.1) is 0 Å². The van der Waals surface area contributed by atoms with Crippen LogP contribution in [0.4, 0.5) is 5.69 Å². The number of thioether (sulfide) groups is 1. The number of hydrogen-bond acceptors (Lipinski definition) is 2. The molecule has 0 saturated carbocycles. The van der Waals surface area contributed by atoms with Gasteiger partial charge >= 0.3 is 0 Å². The minimum atomic E-state index is 0.605. The lowest BCUT2D eigenvalue weighted by molar-refractivity contribution is 0.896. The first-order chi connectivity index (χ1) is 6.27. The van der Waals surface area contributed by atoms with Crippen LogP contribution in [0.1, 0.15) is 31.1 Å². The zero-order chi connectivity index (χ0) is 9.68. The van der Waals surface area contributed by atoms with Crippen LogP contribution in [-0.2, 0) is 0 Å². The summed E-state index contributed by atoms with van der Waals surface area (Å²) in [5.41, 5.74) is 7.96. The van der Waals surface area contributed by atoms with E-state index in [4.69, 9.17) is 5.73 Å². The van der Waals surface area contributed by atoms with Gasteiger partial charge in [-0.1, -0.05) is 26.0 Å². The second-order valence-electron chi connectivity index (χ2n) is 3.02. The molecule has 0 aliphatic heterocycles. The number of nitrogens with two attached hydrogens (primary N) is 1. The molecule has 2 N–H and O–H groups in total. The first kappa shape index (κ1) is 10.5. The lowest BCUT2D eigenvalue weighted by Gasteiger charge is -2.13. The van der Waals surface area contributed by atoms with E-state index in [2.05, 4.69) is 26.0 Å². The average Bonchev–Trinajstić information content (AvgIpc) is 2.14. The molecule has 0 spiro atoms. The van der Waals surface area contributed by atoms with Crippen molar-refractivity contribution < 1.29 is 0 Å². The molecule has 0 fully saturated rings. The Kier molecular flexibility index (Phi) is 4.16. The van der Waals surface area contributed by atoms with E-state index in [0.717, 1.165) is 11.4 Å². The van der Waals surface area contributed by atoms with E-state index in [0.29, 0.717) is 5.25 Å². The highest BCUT2D eigenvalue weighted by Gasteiger charge is 2.07. The lowest BCUT2D eigenvalue weighted by Crippen LogP contribution is -1.94. The van der Waals surface area contributed by atoms with Gasteiger partial charge in [0.2, 0.25) is 0 Å². The van der Waals surface area contributed by atoms with Gasteiger partial charge in [-0.15, -0.1) is 0 Å². The van der Waals surface area contributed by atoms with Crippen LogP contribution < -0.4 is 5.73 Å². The molecule has 0 aliphatic rings. The van der Waals surface area contributed by atoms with Crippen molar-refractivity contribution >= 4 is 17.4 Å². The second kappa shape index (κ2) is 5.18. The van der Waals surface area contributed by atoms with E-state index in [1.54, 1.807) is 0 Å². The molecule has 1 rings (SSSR count). The van der Waals surface area contributed by atoms with Crippen LogP contribution in [0.25, 0.3) is 0 Å². The summed E-state index contributed by atoms with van der Waals surface area (Å²) in [6, 6.07) is 8.21. The Morgan fingerprint density at radius 3 is 2.69 bits per heavy atom. The number of benzene rings is 1. The monoisotopic (exact) mass is 195 g/mol. The maximum Gasteiger partial charge on any atom is 0.0317 e. The SMILES string of the molecule is CCSC(CC)c1cccc(N)c1. The molecule has 1 aromatic carbocycles. The molecule has 0 radical (unpaired) electrons. The maximum atomic E-state index is 5.74. The van der Waals surface area contributed by atoms with Gasteiger partial charge in [0.1, 0.15) is 0 Å². The normalized spacial score (nSPS) is 12.8. The molecule has 0 aliphatic carbocycles. The Bertz CT molecular complexity index is 260. The second-order valence-corrected chi connectivity index (χ2v) is 4.50. The molecule has 0 aromatic heterocycles. The van der Waals surface area contributed by atoms with Crippen LogP contribution in [0.5, 0.6) is 0 Å². The molecular weight excluding hydrogens is 178 g/mol. The van der Waals surface area contributed by atoms with Crippen molar-refractivity contribution in [2.75, 3.05) is 11.5 Å². The highest BCUT2D eigenvalue weighted by molar-refractivity contribution is 7.99. The molecule has 1 unspecified atom stereocenters. The summed E-state index contributed by atoms with van der Waals surface area (Å²) in [6.07, 6.45) is 1.17. The Morgan fingerprint density at radius 2 is 2.15 bits per heavy atom. The average molecular weight is 195 g/mol. The van der Waals surface area contributed by atoms with Gasteiger partial charge in [0, 0.05) is 10.9 Å². The fourth-order valence-electron chi connectivity index (χ4n) is 1.41. The molecule has 1 aromatic rings. The number of rotatable bonds is 4. The molecule has 0 bridgehead atoms. The minimum absolute atomic E-state index is 0.605. The van der Waals surface area contributed by atoms with E-state index in [1.165, 1.54) is 12.0 Å². The third-order valence-corrected chi connectivity index (χ3v) is 3.36. The van der Waals surface area contributed by atoms with Crippen molar-refractivity contribution in [2.24, 2.45) is 0 Å². The van der Waals surface area contributed by atoms with Crippen LogP contribution in [0.2, 0.25) is 0 Å². The minimum Gasteiger partial charge on any atom is -0.399 e. The summed E-state index contributed by atoms with van der Waals surface area (Å²) < 4.78 is 0.